The molecule has 0 saturated carbocycles. The molecule has 2 fully saturated rings. The lowest BCUT2D eigenvalue weighted by Crippen LogP contribution is -2.59. The Balaban J connectivity index is 1.19. The minimum absolute atomic E-state index is 0.0156. The Hall–Kier alpha value is -3.66. The molecular weight excluding hydrogens is 698 g/mol. The van der Waals surface area contributed by atoms with Crippen molar-refractivity contribution in [3.05, 3.63) is 51.7 Å². The van der Waals surface area contributed by atoms with Crippen molar-refractivity contribution >= 4 is 56.5 Å². The Morgan fingerprint density at radius 3 is 2.42 bits per heavy atom. The second kappa shape index (κ2) is 14.8. The van der Waals surface area contributed by atoms with Crippen molar-refractivity contribution in [3.8, 4) is 10.4 Å². The number of benzene rings is 1. The van der Waals surface area contributed by atoms with Gasteiger partial charge >= 0.3 is 0 Å². The van der Waals surface area contributed by atoms with Crippen LogP contribution in [0.15, 0.2) is 40.4 Å². The third kappa shape index (κ3) is 8.31. The standard InChI is InChI=1S/C33H44BrN9O4S/c1-19(21-6-8-22(9-7-21)28-20(2)36-18-48-28)37-31(46)25-14-23(44)16-43(25)32(47)29(33(3,4)5)38-27(45)17-41-10-12-42(13-11-41)24-15-26(34)39-40-30(24)35/h6-9,15,18-19,23,25,29,44H,10-14,16-17H2,1-5H3,(H2,35,40)(H,37,46)(H,38,45)/t19-,23+,25-,29+/m0/s1. The van der Waals surface area contributed by atoms with E-state index in [1.54, 1.807) is 11.3 Å². The molecule has 0 radical (unpaired) electrons. The maximum Gasteiger partial charge on any atom is 0.246 e. The zero-order valence-corrected chi connectivity index (χ0v) is 30.3. The van der Waals surface area contributed by atoms with E-state index < -0.39 is 23.6 Å². The van der Waals surface area contributed by atoms with E-state index >= 15 is 0 Å². The summed E-state index contributed by atoms with van der Waals surface area (Å²) in [5, 5.41) is 24.5. The lowest BCUT2D eigenvalue weighted by molar-refractivity contribution is -0.144. The zero-order chi connectivity index (χ0) is 34.7. The lowest BCUT2D eigenvalue weighted by atomic mass is 9.85. The van der Waals surface area contributed by atoms with Crippen molar-refractivity contribution in [1.82, 2.24) is 35.6 Å². The van der Waals surface area contributed by atoms with Crippen LogP contribution in [-0.2, 0) is 14.4 Å². The Morgan fingerprint density at radius 2 is 1.79 bits per heavy atom. The summed E-state index contributed by atoms with van der Waals surface area (Å²) in [4.78, 5) is 51.9. The second-order valence-corrected chi connectivity index (χ2v) is 15.2. The van der Waals surface area contributed by atoms with Gasteiger partial charge in [-0.05, 0) is 52.4 Å². The summed E-state index contributed by atoms with van der Waals surface area (Å²) >= 11 is 4.92. The van der Waals surface area contributed by atoms with Crippen LogP contribution in [-0.4, -0.2) is 105 Å². The van der Waals surface area contributed by atoms with E-state index in [-0.39, 0.29) is 43.3 Å². The molecule has 0 spiro atoms. The van der Waals surface area contributed by atoms with E-state index in [4.69, 9.17) is 5.73 Å². The zero-order valence-electron chi connectivity index (χ0n) is 27.9. The summed E-state index contributed by atoms with van der Waals surface area (Å²) in [6, 6.07) is 7.72. The fourth-order valence-corrected chi connectivity index (χ4v) is 7.30. The van der Waals surface area contributed by atoms with Gasteiger partial charge in [0.15, 0.2) is 5.82 Å². The largest absolute Gasteiger partial charge is 0.391 e. The van der Waals surface area contributed by atoms with Gasteiger partial charge in [0.1, 0.15) is 16.7 Å². The molecule has 3 aromatic rings. The monoisotopic (exact) mass is 741 g/mol. The van der Waals surface area contributed by atoms with Gasteiger partial charge in [0.25, 0.3) is 0 Å². The highest BCUT2D eigenvalue weighted by molar-refractivity contribution is 9.10. The molecular formula is C33H44BrN9O4S. The van der Waals surface area contributed by atoms with Crippen LogP contribution in [0.1, 0.15) is 51.4 Å². The van der Waals surface area contributed by atoms with Crippen molar-refractivity contribution in [2.45, 2.75) is 65.3 Å². The third-order valence-electron chi connectivity index (χ3n) is 8.91. The maximum atomic E-state index is 14.0. The van der Waals surface area contributed by atoms with Crippen molar-refractivity contribution in [2.24, 2.45) is 5.41 Å². The normalized spacial score (nSPS) is 20.0. The van der Waals surface area contributed by atoms with E-state index in [1.807, 2.05) is 75.4 Å². The topological polar surface area (TPSA) is 170 Å². The third-order valence-corrected chi connectivity index (χ3v) is 10.3. The number of amides is 3. The Bertz CT molecular complexity index is 1620. The number of hydrogen-bond donors (Lipinski definition) is 4. The fourth-order valence-electron chi connectivity index (χ4n) is 6.19. The minimum Gasteiger partial charge on any atom is -0.391 e. The number of β-amino-alcohol motifs (C(OH)–C–C–N with tert-alkyl or cyclic N) is 1. The molecule has 5 N–H and O–H groups in total. The van der Waals surface area contributed by atoms with E-state index in [0.717, 1.165) is 27.4 Å². The molecule has 4 heterocycles. The Kier molecular flexibility index (Phi) is 11.0. The molecule has 48 heavy (non-hydrogen) atoms. The Morgan fingerprint density at radius 1 is 1.10 bits per heavy atom. The van der Waals surface area contributed by atoms with Gasteiger partial charge in [0.05, 0.1) is 40.5 Å². The number of thiazole rings is 1. The van der Waals surface area contributed by atoms with Gasteiger partial charge in [-0.3, -0.25) is 19.3 Å². The molecule has 0 unspecified atom stereocenters. The molecule has 5 rings (SSSR count). The van der Waals surface area contributed by atoms with Gasteiger partial charge in [-0.1, -0.05) is 45.0 Å². The lowest BCUT2D eigenvalue weighted by Gasteiger charge is -2.37. The van der Waals surface area contributed by atoms with Crippen molar-refractivity contribution in [1.29, 1.82) is 0 Å². The first kappa shape index (κ1) is 35.6. The number of nitrogens with zero attached hydrogens (tertiary/aromatic N) is 6. The highest BCUT2D eigenvalue weighted by Crippen LogP contribution is 2.30. The number of carbonyl (C=O) groups is 3. The van der Waals surface area contributed by atoms with Crippen LogP contribution in [0.5, 0.6) is 0 Å². The highest BCUT2D eigenvalue weighted by Gasteiger charge is 2.44. The number of rotatable bonds is 9. The number of nitrogens with two attached hydrogens (primary N) is 1. The number of aryl methyl sites for hydroxylation is 1. The predicted molar refractivity (Wildman–Crippen MR) is 189 cm³/mol. The first-order valence-electron chi connectivity index (χ1n) is 16.1. The molecule has 4 atom stereocenters. The molecule has 2 aromatic heterocycles. The second-order valence-electron chi connectivity index (χ2n) is 13.6. The summed E-state index contributed by atoms with van der Waals surface area (Å²) in [5.41, 5.74) is 10.9. The minimum atomic E-state index is -0.896. The molecule has 2 aliphatic heterocycles. The van der Waals surface area contributed by atoms with Crippen LogP contribution in [0, 0.1) is 12.3 Å². The van der Waals surface area contributed by atoms with Crippen LogP contribution in [0.25, 0.3) is 10.4 Å². The van der Waals surface area contributed by atoms with E-state index in [9.17, 15) is 19.5 Å². The number of nitrogen functional groups attached to an aromatic ring is 1. The molecule has 15 heteroatoms. The van der Waals surface area contributed by atoms with Crippen LogP contribution in [0.2, 0.25) is 0 Å². The van der Waals surface area contributed by atoms with Crippen molar-refractivity contribution < 1.29 is 19.5 Å². The van der Waals surface area contributed by atoms with Crippen LogP contribution >= 0.6 is 27.3 Å². The summed E-state index contributed by atoms with van der Waals surface area (Å²) in [6.45, 7) is 12.2. The summed E-state index contributed by atoms with van der Waals surface area (Å²) in [5.74, 6) is -0.666. The molecule has 2 saturated heterocycles. The molecule has 0 bridgehead atoms. The van der Waals surface area contributed by atoms with Crippen LogP contribution in [0.4, 0.5) is 11.5 Å². The number of aliphatic hydroxyl groups excluding tert-OH is 1. The smallest absolute Gasteiger partial charge is 0.246 e. The van der Waals surface area contributed by atoms with E-state index in [0.29, 0.717) is 36.6 Å². The number of anilines is 2. The number of hydrogen-bond acceptors (Lipinski definition) is 11. The SMILES string of the molecule is Cc1ncsc1-c1ccc([C@H](C)NC(=O)[C@@H]2C[C@@H](O)CN2C(=O)[C@@H](NC(=O)CN2CCN(c3cc(Br)nnc3N)CC2)C(C)(C)C)cc1. The number of likely N-dealkylation sites (tertiary alicyclic amines) is 1. The van der Waals surface area contributed by atoms with Crippen molar-refractivity contribution in [2.75, 3.05) is 49.9 Å². The van der Waals surface area contributed by atoms with Gasteiger partial charge in [-0.15, -0.1) is 21.5 Å². The number of nitrogens with one attached hydrogen (secondary N) is 2. The number of piperazine rings is 1. The summed E-state index contributed by atoms with van der Waals surface area (Å²) < 4.78 is 0.596. The van der Waals surface area contributed by atoms with Gasteiger partial charge in [-0.2, -0.15) is 0 Å². The van der Waals surface area contributed by atoms with E-state index in [2.05, 4.69) is 46.6 Å². The van der Waals surface area contributed by atoms with Gasteiger partial charge in [-0.25, -0.2) is 4.98 Å². The molecule has 0 aliphatic carbocycles. The average molecular weight is 743 g/mol. The van der Waals surface area contributed by atoms with Crippen molar-refractivity contribution in [3.63, 3.8) is 0 Å². The van der Waals surface area contributed by atoms with Gasteiger partial charge in [0.2, 0.25) is 17.7 Å². The molecule has 2 aliphatic rings. The molecule has 1 aromatic carbocycles. The molecule has 13 nitrogen and oxygen atoms in total. The quantitative estimate of drug-likeness (QED) is 0.256. The Labute approximate surface area is 293 Å². The van der Waals surface area contributed by atoms with E-state index in [1.165, 1.54) is 4.90 Å². The highest BCUT2D eigenvalue weighted by atomic mass is 79.9. The molecule has 258 valence electrons. The molecule has 3 amide bonds. The number of aromatic nitrogens is 3. The first-order valence-corrected chi connectivity index (χ1v) is 17.7. The fraction of sp³-hybridized carbons (Fsp3) is 0.515. The number of aliphatic hydroxyl groups is 1. The summed E-state index contributed by atoms with van der Waals surface area (Å²) in [7, 11) is 0. The average Bonchev–Trinajstić information content (AvgIpc) is 3.66. The van der Waals surface area contributed by atoms with Crippen LogP contribution in [0.3, 0.4) is 0 Å². The maximum absolute atomic E-state index is 14.0. The summed E-state index contributed by atoms with van der Waals surface area (Å²) in [6.07, 6.45) is -0.725. The number of carbonyl (C=O) groups excluding carboxylic acids is 3. The van der Waals surface area contributed by atoms with Gasteiger partial charge < -0.3 is 31.3 Å². The predicted octanol–water partition coefficient (Wildman–Crippen LogP) is 2.75. The first-order chi connectivity index (χ1) is 22.7. The van der Waals surface area contributed by atoms with Gasteiger partial charge in [0, 0.05) is 39.1 Å². The van der Waals surface area contributed by atoms with Crippen LogP contribution < -0.4 is 21.3 Å². The number of halogens is 1.